The van der Waals surface area contributed by atoms with Gasteiger partial charge in [-0.15, -0.1) is 0 Å². The molecule has 21 heavy (non-hydrogen) atoms. The fourth-order valence-electron chi connectivity index (χ4n) is 2.25. The summed E-state index contributed by atoms with van der Waals surface area (Å²) in [7, 11) is 0. The molecule has 0 aliphatic rings. The number of rotatable bonds is 6. The van der Waals surface area contributed by atoms with Crippen LogP contribution in [0.15, 0.2) is 42.7 Å². The van der Waals surface area contributed by atoms with Gasteiger partial charge in [-0.05, 0) is 50.1 Å². The average Bonchev–Trinajstić information content (AvgIpc) is 2.48. The number of ether oxygens (including phenoxy) is 1. The number of nitrogens with one attached hydrogen (secondary N) is 1. The average molecular weight is 288 g/mol. The predicted molar refractivity (Wildman–Crippen MR) is 81.8 cm³/mol. The summed E-state index contributed by atoms with van der Waals surface area (Å²) in [6.07, 6.45) is 2.90. The molecule has 1 heterocycles. The highest BCUT2D eigenvalue weighted by molar-refractivity contribution is 5.29. The van der Waals surface area contributed by atoms with Gasteiger partial charge in [-0.1, -0.05) is 12.1 Å². The lowest BCUT2D eigenvalue weighted by Crippen LogP contribution is -2.22. The van der Waals surface area contributed by atoms with Crippen LogP contribution in [0.5, 0.6) is 5.75 Å². The molecule has 0 aliphatic heterocycles. The Kier molecular flexibility index (Phi) is 5.28. The Morgan fingerprint density at radius 3 is 2.38 bits per heavy atom. The number of hydrogen-bond acceptors (Lipinski definition) is 3. The van der Waals surface area contributed by atoms with Gasteiger partial charge in [-0.3, -0.25) is 4.98 Å². The first kappa shape index (κ1) is 15.4. The third-order valence-electron chi connectivity index (χ3n) is 3.42. The summed E-state index contributed by atoms with van der Waals surface area (Å²) in [6, 6.07) is 9.69. The van der Waals surface area contributed by atoms with Crippen LogP contribution in [0.25, 0.3) is 0 Å². The normalized spacial score (nSPS) is 13.7. The number of nitrogens with zero attached hydrogens (tertiary/aromatic N) is 1. The van der Waals surface area contributed by atoms with Crippen molar-refractivity contribution < 1.29 is 9.13 Å². The van der Waals surface area contributed by atoms with Gasteiger partial charge in [0.2, 0.25) is 0 Å². The maximum atomic E-state index is 13.2. The second kappa shape index (κ2) is 7.18. The Bertz CT molecular complexity index is 571. The van der Waals surface area contributed by atoms with Crippen molar-refractivity contribution >= 4 is 0 Å². The molecule has 0 spiro atoms. The lowest BCUT2D eigenvalue weighted by atomic mass is 10.1. The van der Waals surface area contributed by atoms with Gasteiger partial charge in [0.1, 0.15) is 11.6 Å². The van der Waals surface area contributed by atoms with E-state index in [4.69, 9.17) is 4.74 Å². The van der Waals surface area contributed by atoms with E-state index in [9.17, 15) is 4.39 Å². The number of halogens is 1. The molecular formula is C17H21FN2O. The van der Waals surface area contributed by atoms with Gasteiger partial charge in [0, 0.05) is 18.3 Å². The van der Waals surface area contributed by atoms with E-state index in [1.54, 1.807) is 6.20 Å². The van der Waals surface area contributed by atoms with E-state index in [0.717, 1.165) is 16.9 Å². The van der Waals surface area contributed by atoms with Crippen molar-refractivity contribution in [3.8, 4) is 5.75 Å². The van der Waals surface area contributed by atoms with Gasteiger partial charge >= 0.3 is 0 Å². The molecule has 0 aliphatic carbocycles. The third-order valence-corrected chi connectivity index (χ3v) is 3.42. The Balaban J connectivity index is 2.01. The fraction of sp³-hybridized carbons (Fsp3) is 0.353. The summed E-state index contributed by atoms with van der Waals surface area (Å²) in [5.41, 5.74) is 2.00. The van der Waals surface area contributed by atoms with Crippen LogP contribution in [-0.4, -0.2) is 11.6 Å². The maximum Gasteiger partial charge on any atom is 0.141 e. The molecule has 0 saturated heterocycles. The van der Waals surface area contributed by atoms with Gasteiger partial charge in [-0.2, -0.15) is 0 Å². The first-order valence-electron chi connectivity index (χ1n) is 7.19. The number of aromatic nitrogens is 1. The van der Waals surface area contributed by atoms with E-state index >= 15 is 0 Å². The predicted octanol–water partition coefficient (Wildman–Crippen LogP) is 4.03. The van der Waals surface area contributed by atoms with Crippen LogP contribution in [0.2, 0.25) is 0 Å². The van der Waals surface area contributed by atoms with Gasteiger partial charge in [0.05, 0.1) is 12.8 Å². The lowest BCUT2D eigenvalue weighted by Gasteiger charge is -2.20. The van der Waals surface area contributed by atoms with Crippen LogP contribution in [0, 0.1) is 5.82 Å². The summed E-state index contributed by atoms with van der Waals surface area (Å²) in [5, 5.41) is 3.44. The minimum atomic E-state index is -0.310. The topological polar surface area (TPSA) is 34.1 Å². The summed E-state index contributed by atoms with van der Waals surface area (Å²) < 4.78 is 18.6. The maximum absolute atomic E-state index is 13.2. The Labute approximate surface area is 125 Å². The second-order valence-electron chi connectivity index (χ2n) is 5.05. The molecule has 2 unspecified atom stereocenters. The van der Waals surface area contributed by atoms with Gasteiger partial charge < -0.3 is 10.1 Å². The second-order valence-corrected chi connectivity index (χ2v) is 5.05. The van der Waals surface area contributed by atoms with Crippen molar-refractivity contribution in [2.75, 3.05) is 6.61 Å². The highest BCUT2D eigenvalue weighted by Crippen LogP contribution is 2.21. The highest BCUT2D eigenvalue weighted by Gasteiger charge is 2.12. The van der Waals surface area contributed by atoms with E-state index in [0.29, 0.717) is 6.61 Å². The molecule has 4 heteroatoms. The monoisotopic (exact) mass is 288 g/mol. The molecule has 1 N–H and O–H groups in total. The largest absolute Gasteiger partial charge is 0.494 e. The molecule has 2 aromatic rings. The fourth-order valence-corrected chi connectivity index (χ4v) is 2.25. The smallest absolute Gasteiger partial charge is 0.141 e. The van der Waals surface area contributed by atoms with E-state index in [1.165, 1.54) is 12.3 Å². The van der Waals surface area contributed by atoms with Crippen LogP contribution >= 0.6 is 0 Å². The Morgan fingerprint density at radius 2 is 1.76 bits per heavy atom. The summed E-state index contributed by atoms with van der Waals surface area (Å²) >= 11 is 0. The molecule has 0 radical (unpaired) electrons. The Hall–Kier alpha value is -1.94. The zero-order valence-corrected chi connectivity index (χ0v) is 12.6. The van der Waals surface area contributed by atoms with Crippen LogP contribution in [0.1, 0.15) is 44.0 Å². The van der Waals surface area contributed by atoms with E-state index in [1.807, 2.05) is 38.1 Å². The van der Waals surface area contributed by atoms with Crippen molar-refractivity contribution in [1.29, 1.82) is 0 Å². The SMILES string of the molecule is CCOc1ccc(C(C)NC(C)c2cncc(F)c2)cc1. The van der Waals surface area contributed by atoms with Crippen LogP contribution in [0.4, 0.5) is 4.39 Å². The van der Waals surface area contributed by atoms with Gasteiger partial charge in [0.25, 0.3) is 0 Å². The van der Waals surface area contributed by atoms with E-state index in [-0.39, 0.29) is 17.9 Å². The first-order chi connectivity index (χ1) is 10.1. The Morgan fingerprint density at radius 1 is 1.10 bits per heavy atom. The zero-order chi connectivity index (χ0) is 15.2. The quantitative estimate of drug-likeness (QED) is 0.871. The van der Waals surface area contributed by atoms with Crippen molar-refractivity contribution in [1.82, 2.24) is 10.3 Å². The molecule has 1 aromatic heterocycles. The van der Waals surface area contributed by atoms with Crippen LogP contribution in [0.3, 0.4) is 0 Å². The minimum absolute atomic E-state index is 0.0229. The third kappa shape index (κ3) is 4.26. The first-order valence-corrected chi connectivity index (χ1v) is 7.19. The van der Waals surface area contributed by atoms with Crippen molar-refractivity contribution in [3.05, 3.63) is 59.7 Å². The molecule has 0 saturated carbocycles. The number of hydrogen-bond donors (Lipinski definition) is 1. The molecular weight excluding hydrogens is 267 g/mol. The van der Waals surface area contributed by atoms with Crippen molar-refractivity contribution in [3.63, 3.8) is 0 Å². The number of benzene rings is 1. The van der Waals surface area contributed by atoms with Crippen molar-refractivity contribution in [2.45, 2.75) is 32.9 Å². The molecule has 1 aromatic carbocycles. The lowest BCUT2D eigenvalue weighted by molar-refractivity contribution is 0.340. The molecule has 2 rings (SSSR count). The molecule has 3 nitrogen and oxygen atoms in total. The minimum Gasteiger partial charge on any atom is -0.494 e. The van der Waals surface area contributed by atoms with Crippen LogP contribution in [-0.2, 0) is 0 Å². The zero-order valence-electron chi connectivity index (χ0n) is 12.6. The van der Waals surface area contributed by atoms with Crippen LogP contribution < -0.4 is 10.1 Å². The van der Waals surface area contributed by atoms with E-state index in [2.05, 4.69) is 17.2 Å². The molecule has 112 valence electrons. The van der Waals surface area contributed by atoms with E-state index < -0.39 is 0 Å². The summed E-state index contributed by atoms with van der Waals surface area (Å²) in [4.78, 5) is 3.89. The highest BCUT2D eigenvalue weighted by atomic mass is 19.1. The standard InChI is InChI=1S/C17H21FN2O/c1-4-21-17-7-5-14(6-8-17)12(2)20-13(3)15-9-16(18)11-19-10-15/h5-13,20H,4H2,1-3H3. The molecule has 0 bridgehead atoms. The molecule has 0 fully saturated rings. The van der Waals surface area contributed by atoms with Gasteiger partial charge in [0.15, 0.2) is 0 Å². The van der Waals surface area contributed by atoms with Gasteiger partial charge in [-0.25, -0.2) is 4.39 Å². The molecule has 0 amide bonds. The summed E-state index contributed by atoms with van der Waals surface area (Å²) in [6.45, 7) is 6.71. The molecule has 2 atom stereocenters. The van der Waals surface area contributed by atoms with Crippen molar-refractivity contribution in [2.24, 2.45) is 0 Å². The summed E-state index contributed by atoms with van der Waals surface area (Å²) in [5.74, 6) is 0.561. The number of pyridine rings is 1.